The molecule has 2 atom stereocenters. The molecule has 1 aliphatic heterocycles. The summed E-state index contributed by atoms with van der Waals surface area (Å²) in [6, 6.07) is 11.1. The number of methoxy groups -OCH3 is 2. The molecular formula is C26H37N3O5S. The van der Waals surface area contributed by atoms with Crippen LogP contribution in [0.1, 0.15) is 52.1 Å². The molecule has 0 radical (unpaired) electrons. The van der Waals surface area contributed by atoms with E-state index < -0.39 is 21.6 Å². The van der Waals surface area contributed by atoms with Crippen molar-refractivity contribution in [2.75, 3.05) is 32.6 Å². The Hall–Kier alpha value is -2.78. The lowest BCUT2D eigenvalue weighted by Crippen LogP contribution is -2.44. The Balaban J connectivity index is 1.88. The third-order valence-electron chi connectivity index (χ3n) is 5.92. The molecule has 2 aromatic rings. The fraction of sp³-hybridized carbons (Fsp3) is 0.500. The normalized spacial score (nSPS) is 17.9. The Labute approximate surface area is 209 Å². The number of carbonyl (C=O) groups excluding carboxylic acids is 1. The lowest BCUT2D eigenvalue weighted by molar-refractivity contribution is -0.123. The number of hydrogen-bond acceptors (Lipinski definition) is 6. The van der Waals surface area contributed by atoms with E-state index in [0.717, 1.165) is 12.8 Å². The van der Waals surface area contributed by atoms with E-state index >= 15 is 0 Å². The van der Waals surface area contributed by atoms with Gasteiger partial charge in [0.15, 0.2) is 11.5 Å². The third-order valence-corrected chi connectivity index (χ3v) is 7.80. The summed E-state index contributed by atoms with van der Waals surface area (Å²) >= 11 is 0. The van der Waals surface area contributed by atoms with Gasteiger partial charge in [-0.05, 0) is 81.5 Å². The predicted octanol–water partition coefficient (Wildman–Crippen LogP) is 4.19. The highest BCUT2D eigenvalue weighted by Crippen LogP contribution is 2.32. The van der Waals surface area contributed by atoms with Crippen LogP contribution in [-0.4, -0.2) is 51.5 Å². The van der Waals surface area contributed by atoms with Crippen molar-refractivity contribution >= 4 is 21.6 Å². The molecule has 192 valence electrons. The van der Waals surface area contributed by atoms with E-state index in [1.54, 1.807) is 61.0 Å². The van der Waals surface area contributed by atoms with E-state index in [1.165, 1.54) is 0 Å². The van der Waals surface area contributed by atoms with Crippen LogP contribution in [0.5, 0.6) is 11.5 Å². The number of rotatable bonds is 8. The summed E-state index contributed by atoms with van der Waals surface area (Å²) in [7, 11) is -0.455. The van der Waals surface area contributed by atoms with Crippen LogP contribution >= 0.6 is 0 Å². The second kappa shape index (κ2) is 10.9. The number of hydrogen-bond donors (Lipinski definition) is 2. The van der Waals surface area contributed by atoms with Gasteiger partial charge in [-0.3, -0.25) is 4.79 Å². The summed E-state index contributed by atoms with van der Waals surface area (Å²) in [6.07, 6.45) is 1.92. The Morgan fingerprint density at radius 2 is 1.71 bits per heavy atom. The molecule has 2 unspecified atom stereocenters. The van der Waals surface area contributed by atoms with Gasteiger partial charge >= 0.3 is 0 Å². The van der Waals surface area contributed by atoms with E-state index in [1.807, 2.05) is 20.8 Å². The Morgan fingerprint density at radius 1 is 1.06 bits per heavy atom. The van der Waals surface area contributed by atoms with E-state index in [0.29, 0.717) is 41.8 Å². The number of ether oxygens (including phenoxy) is 2. The Morgan fingerprint density at radius 3 is 2.29 bits per heavy atom. The maximum atomic E-state index is 13.2. The van der Waals surface area contributed by atoms with Crippen molar-refractivity contribution in [3.05, 3.63) is 48.0 Å². The lowest BCUT2D eigenvalue weighted by Gasteiger charge is -2.30. The van der Waals surface area contributed by atoms with Gasteiger partial charge in [-0.15, -0.1) is 0 Å². The molecule has 0 bridgehead atoms. The maximum absolute atomic E-state index is 13.2. The highest BCUT2D eigenvalue weighted by Gasteiger charge is 2.29. The van der Waals surface area contributed by atoms with Gasteiger partial charge in [0.1, 0.15) is 6.04 Å². The number of carbonyl (C=O) groups is 1. The van der Waals surface area contributed by atoms with Crippen LogP contribution in [0.15, 0.2) is 47.4 Å². The van der Waals surface area contributed by atoms with Gasteiger partial charge in [0, 0.05) is 24.3 Å². The maximum Gasteiger partial charge on any atom is 0.247 e. The summed E-state index contributed by atoms with van der Waals surface area (Å²) < 4.78 is 38.5. The highest BCUT2D eigenvalue weighted by molar-refractivity contribution is 7.89. The number of benzene rings is 2. The minimum absolute atomic E-state index is 0.219. The number of anilines is 1. The van der Waals surface area contributed by atoms with Crippen LogP contribution in [0.3, 0.4) is 0 Å². The molecule has 3 rings (SSSR count). The van der Waals surface area contributed by atoms with Crippen molar-refractivity contribution in [1.29, 1.82) is 0 Å². The molecule has 0 aromatic heterocycles. The van der Waals surface area contributed by atoms with E-state index in [2.05, 4.69) is 17.6 Å². The first-order valence-corrected chi connectivity index (χ1v) is 13.3. The SMILES string of the molecule is COc1ccc(C(Nc2ccc(S(=O)(=O)N3CCCC(C)C3)cc2)C(=O)NC(C)(C)C)cc1OC. The van der Waals surface area contributed by atoms with Gasteiger partial charge in [0.05, 0.1) is 19.1 Å². The fourth-order valence-electron chi connectivity index (χ4n) is 4.18. The zero-order chi connectivity index (χ0) is 25.8. The summed E-state index contributed by atoms with van der Waals surface area (Å²) in [5.41, 5.74) is 0.875. The molecular weight excluding hydrogens is 466 g/mol. The molecule has 2 aromatic carbocycles. The van der Waals surface area contributed by atoms with Crippen LogP contribution in [0, 0.1) is 5.92 Å². The molecule has 1 aliphatic rings. The zero-order valence-corrected chi connectivity index (χ0v) is 22.2. The lowest BCUT2D eigenvalue weighted by atomic mass is 10.0. The number of nitrogens with one attached hydrogen (secondary N) is 2. The largest absolute Gasteiger partial charge is 0.493 e. The standard InChI is InChI=1S/C26H37N3O5S/c1-18-8-7-15-29(17-18)35(31,32)21-12-10-20(11-13-21)27-24(25(30)28-26(2,3)4)19-9-14-22(33-5)23(16-19)34-6/h9-14,16,18,24,27H,7-8,15,17H2,1-6H3,(H,28,30). The molecule has 2 N–H and O–H groups in total. The van der Waals surface area contributed by atoms with Crippen LogP contribution in [0.25, 0.3) is 0 Å². The first-order valence-electron chi connectivity index (χ1n) is 11.9. The number of sulfonamides is 1. The molecule has 0 aliphatic carbocycles. The molecule has 8 nitrogen and oxygen atoms in total. The minimum atomic E-state index is -3.55. The van der Waals surface area contributed by atoms with Crippen LogP contribution in [0.2, 0.25) is 0 Å². The van der Waals surface area contributed by atoms with E-state index in [4.69, 9.17) is 9.47 Å². The van der Waals surface area contributed by atoms with Gasteiger partial charge in [-0.1, -0.05) is 13.0 Å². The first kappa shape index (κ1) is 26.8. The molecule has 1 amide bonds. The van der Waals surface area contributed by atoms with Gasteiger partial charge in [0.25, 0.3) is 0 Å². The van der Waals surface area contributed by atoms with E-state index in [9.17, 15) is 13.2 Å². The average molecular weight is 504 g/mol. The average Bonchev–Trinajstić information content (AvgIpc) is 2.81. The van der Waals surface area contributed by atoms with Crippen molar-refractivity contribution in [1.82, 2.24) is 9.62 Å². The Kier molecular flexibility index (Phi) is 8.33. The molecule has 0 saturated carbocycles. The van der Waals surface area contributed by atoms with Gasteiger partial charge < -0.3 is 20.1 Å². The van der Waals surface area contributed by atoms with Gasteiger partial charge in [-0.2, -0.15) is 4.31 Å². The molecule has 9 heteroatoms. The molecule has 35 heavy (non-hydrogen) atoms. The molecule has 1 saturated heterocycles. The van der Waals surface area contributed by atoms with Crippen LogP contribution < -0.4 is 20.1 Å². The quantitative estimate of drug-likeness (QED) is 0.561. The summed E-state index contributed by atoms with van der Waals surface area (Å²) in [5.74, 6) is 1.21. The third kappa shape index (κ3) is 6.67. The van der Waals surface area contributed by atoms with Crippen molar-refractivity contribution in [3.8, 4) is 11.5 Å². The summed E-state index contributed by atoms with van der Waals surface area (Å²) in [5, 5.41) is 6.27. The summed E-state index contributed by atoms with van der Waals surface area (Å²) in [6.45, 7) is 8.90. The monoisotopic (exact) mass is 503 g/mol. The predicted molar refractivity (Wildman–Crippen MR) is 137 cm³/mol. The van der Waals surface area contributed by atoms with Crippen molar-refractivity contribution in [3.63, 3.8) is 0 Å². The highest BCUT2D eigenvalue weighted by atomic mass is 32.2. The van der Waals surface area contributed by atoms with E-state index in [-0.39, 0.29) is 10.8 Å². The van der Waals surface area contributed by atoms with Gasteiger partial charge in [-0.25, -0.2) is 8.42 Å². The van der Waals surface area contributed by atoms with Crippen LogP contribution in [0.4, 0.5) is 5.69 Å². The van der Waals surface area contributed by atoms with Crippen LogP contribution in [-0.2, 0) is 14.8 Å². The number of piperidine rings is 1. The topological polar surface area (TPSA) is 97.0 Å². The number of nitrogens with zero attached hydrogens (tertiary/aromatic N) is 1. The minimum Gasteiger partial charge on any atom is -0.493 e. The van der Waals surface area contributed by atoms with Crippen molar-refractivity contribution < 1.29 is 22.7 Å². The Bertz CT molecular complexity index is 1130. The second-order valence-electron chi connectivity index (χ2n) is 10.1. The smallest absolute Gasteiger partial charge is 0.247 e. The van der Waals surface area contributed by atoms with Gasteiger partial charge in [0.2, 0.25) is 15.9 Å². The number of amides is 1. The van der Waals surface area contributed by atoms with Crippen molar-refractivity contribution in [2.24, 2.45) is 5.92 Å². The molecule has 1 fully saturated rings. The summed E-state index contributed by atoms with van der Waals surface area (Å²) in [4.78, 5) is 13.5. The molecule has 0 spiro atoms. The fourth-order valence-corrected chi connectivity index (χ4v) is 5.78. The second-order valence-corrected chi connectivity index (χ2v) is 12.0. The molecule has 1 heterocycles. The first-order chi connectivity index (χ1) is 16.4. The zero-order valence-electron chi connectivity index (χ0n) is 21.4. The van der Waals surface area contributed by atoms with Crippen molar-refractivity contribution in [2.45, 2.75) is 57.0 Å².